The number of anilines is 1. The molecule has 0 fully saturated rings. The first kappa shape index (κ1) is 19.2. The molecule has 0 spiro atoms. The number of alkyl carbamates (subject to hydrolysis) is 1. The molecule has 0 aliphatic rings. The third-order valence-electron chi connectivity index (χ3n) is 2.35. The number of benzene rings is 1. The van der Waals surface area contributed by atoms with E-state index in [0.29, 0.717) is 12.3 Å². The summed E-state index contributed by atoms with van der Waals surface area (Å²) in [5.41, 5.74) is -0.755. The highest BCUT2D eigenvalue weighted by atomic mass is 32.2. The quantitative estimate of drug-likeness (QED) is 0.777. The van der Waals surface area contributed by atoms with Crippen molar-refractivity contribution in [3.63, 3.8) is 0 Å². The number of nitrogens with one attached hydrogen (secondary N) is 2. The van der Waals surface area contributed by atoms with Crippen LogP contribution in [0.3, 0.4) is 0 Å². The molecule has 128 valence electrons. The summed E-state index contributed by atoms with van der Waals surface area (Å²) in [6, 6.07) is 2.84. The Hall–Kier alpha value is -1.83. The van der Waals surface area contributed by atoms with Gasteiger partial charge >= 0.3 is 6.09 Å². The van der Waals surface area contributed by atoms with Crippen LogP contribution >= 0.6 is 11.8 Å². The predicted molar refractivity (Wildman–Crippen MR) is 86.5 cm³/mol. The summed E-state index contributed by atoms with van der Waals surface area (Å²) in [5, 5.41) is 4.85. The fourth-order valence-corrected chi connectivity index (χ4v) is 2.13. The van der Waals surface area contributed by atoms with E-state index in [1.165, 1.54) is 11.8 Å². The lowest BCUT2D eigenvalue weighted by molar-refractivity contribution is -0.113. The van der Waals surface area contributed by atoms with Gasteiger partial charge in [-0.2, -0.15) is 11.8 Å². The molecule has 23 heavy (non-hydrogen) atoms. The predicted octanol–water partition coefficient (Wildman–Crippen LogP) is 3.16. The smallest absolute Gasteiger partial charge is 0.407 e. The highest BCUT2D eigenvalue weighted by Gasteiger charge is 2.15. The summed E-state index contributed by atoms with van der Waals surface area (Å²) in [6.07, 6.45) is -0.524. The molecule has 0 aliphatic heterocycles. The minimum absolute atomic E-state index is 0.0615. The fraction of sp³-hybridized carbons (Fsp3) is 0.467. The topological polar surface area (TPSA) is 67.4 Å². The van der Waals surface area contributed by atoms with Crippen molar-refractivity contribution in [1.82, 2.24) is 5.32 Å². The van der Waals surface area contributed by atoms with E-state index in [1.807, 2.05) is 0 Å². The first-order chi connectivity index (χ1) is 10.7. The van der Waals surface area contributed by atoms with E-state index >= 15 is 0 Å². The number of halogens is 2. The van der Waals surface area contributed by atoms with Crippen LogP contribution in [0.4, 0.5) is 19.3 Å². The molecule has 0 aromatic heterocycles. The molecule has 0 aliphatic carbocycles. The van der Waals surface area contributed by atoms with E-state index in [9.17, 15) is 18.4 Å². The molecule has 0 unspecified atom stereocenters. The Bertz CT molecular complexity index is 562. The number of ether oxygens (including phenoxy) is 1. The second-order valence-electron chi connectivity index (χ2n) is 5.65. The minimum Gasteiger partial charge on any atom is -0.444 e. The Kier molecular flexibility index (Phi) is 7.28. The Labute approximate surface area is 138 Å². The molecule has 1 rings (SSSR count). The number of hydrogen-bond acceptors (Lipinski definition) is 4. The third kappa shape index (κ3) is 8.39. The van der Waals surface area contributed by atoms with E-state index < -0.39 is 29.2 Å². The van der Waals surface area contributed by atoms with Gasteiger partial charge in [-0.1, -0.05) is 0 Å². The van der Waals surface area contributed by atoms with Crippen LogP contribution in [0.15, 0.2) is 18.2 Å². The number of hydrogen-bond donors (Lipinski definition) is 2. The van der Waals surface area contributed by atoms with E-state index in [2.05, 4.69) is 10.6 Å². The Morgan fingerprint density at radius 1 is 1.26 bits per heavy atom. The van der Waals surface area contributed by atoms with Gasteiger partial charge in [-0.15, -0.1) is 0 Å². The van der Waals surface area contributed by atoms with Crippen LogP contribution < -0.4 is 10.6 Å². The van der Waals surface area contributed by atoms with Gasteiger partial charge in [0, 0.05) is 18.4 Å². The Morgan fingerprint density at radius 3 is 2.61 bits per heavy atom. The molecule has 0 saturated heterocycles. The van der Waals surface area contributed by atoms with Crippen LogP contribution in [-0.2, 0) is 9.53 Å². The van der Waals surface area contributed by atoms with Gasteiger partial charge in [-0.3, -0.25) is 4.79 Å². The fourth-order valence-electron chi connectivity index (χ4n) is 1.48. The van der Waals surface area contributed by atoms with Gasteiger partial charge in [0.25, 0.3) is 0 Å². The summed E-state index contributed by atoms with van der Waals surface area (Å²) in [7, 11) is 0. The highest BCUT2D eigenvalue weighted by Crippen LogP contribution is 2.15. The highest BCUT2D eigenvalue weighted by molar-refractivity contribution is 7.99. The lowest BCUT2D eigenvalue weighted by Crippen LogP contribution is -2.33. The molecule has 2 N–H and O–H groups in total. The number of amides is 2. The van der Waals surface area contributed by atoms with Gasteiger partial charge in [0.15, 0.2) is 0 Å². The van der Waals surface area contributed by atoms with Crippen LogP contribution in [0.2, 0.25) is 0 Å². The second-order valence-corrected chi connectivity index (χ2v) is 6.76. The van der Waals surface area contributed by atoms with E-state index in [-0.39, 0.29) is 11.4 Å². The van der Waals surface area contributed by atoms with Crippen LogP contribution in [0.5, 0.6) is 0 Å². The SMILES string of the molecule is CC(C)(C)OC(=O)NCCSCC(=O)Nc1cc(F)ccc1F. The molecular weight excluding hydrogens is 326 g/mol. The molecule has 0 heterocycles. The maximum Gasteiger partial charge on any atom is 0.407 e. The molecule has 1 aromatic rings. The van der Waals surface area contributed by atoms with Gasteiger partial charge in [0.1, 0.15) is 17.2 Å². The van der Waals surface area contributed by atoms with Crippen LogP contribution in [0.1, 0.15) is 20.8 Å². The molecule has 0 atom stereocenters. The molecule has 5 nitrogen and oxygen atoms in total. The van der Waals surface area contributed by atoms with E-state index in [1.54, 1.807) is 20.8 Å². The van der Waals surface area contributed by atoms with Crippen molar-refractivity contribution in [3.8, 4) is 0 Å². The summed E-state index contributed by atoms with van der Waals surface area (Å²) >= 11 is 1.25. The minimum atomic E-state index is -0.698. The average Bonchev–Trinajstić information content (AvgIpc) is 2.40. The van der Waals surface area contributed by atoms with Gasteiger partial charge < -0.3 is 15.4 Å². The maximum atomic E-state index is 13.3. The summed E-state index contributed by atoms with van der Waals surface area (Å²) in [6.45, 7) is 5.62. The van der Waals surface area contributed by atoms with Gasteiger partial charge in [0.2, 0.25) is 5.91 Å². The Balaban J connectivity index is 2.22. The number of thioether (sulfide) groups is 1. The lowest BCUT2D eigenvalue weighted by Gasteiger charge is -2.19. The van der Waals surface area contributed by atoms with Crippen molar-refractivity contribution >= 4 is 29.4 Å². The molecule has 0 saturated carbocycles. The lowest BCUT2D eigenvalue weighted by atomic mass is 10.2. The van der Waals surface area contributed by atoms with E-state index in [0.717, 1.165) is 18.2 Å². The molecule has 0 bridgehead atoms. The molecule has 1 aromatic carbocycles. The van der Waals surface area contributed by atoms with Crippen molar-refractivity contribution < 1.29 is 23.1 Å². The molecule has 0 radical (unpaired) electrons. The zero-order valence-electron chi connectivity index (χ0n) is 13.2. The van der Waals surface area contributed by atoms with Crippen molar-refractivity contribution in [3.05, 3.63) is 29.8 Å². The van der Waals surface area contributed by atoms with Crippen molar-refractivity contribution in [1.29, 1.82) is 0 Å². The van der Waals surface area contributed by atoms with Gasteiger partial charge in [0.05, 0.1) is 11.4 Å². The summed E-state index contributed by atoms with van der Waals surface area (Å²) in [5.74, 6) is -1.23. The van der Waals surface area contributed by atoms with Crippen molar-refractivity contribution in [2.45, 2.75) is 26.4 Å². The standard InChI is InChI=1S/C15H20F2N2O3S/c1-15(2,3)22-14(21)18-6-7-23-9-13(20)19-12-8-10(16)4-5-11(12)17/h4-5,8H,6-7,9H2,1-3H3,(H,18,21)(H,19,20). The zero-order chi connectivity index (χ0) is 17.5. The monoisotopic (exact) mass is 346 g/mol. The van der Waals surface area contributed by atoms with E-state index in [4.69, 9.17) is 4.74 Å². The first-order valence-corrected chi connectivity index (χ1v) is 8.12. The summed E-state index contributed by atoms with van der Waals surface area (Å²) in [4.78, 5) is 23.0. The first-order valence-electron chi connectivity index (χ1n) is 6.97. The largest absolute Gasteiger partial charge is 0.444 e. The Morgan fingerprint density at radius 2 is 1.96 bits per heavy atom. The van der Waals surface area contributed by atoms with Crippen molar-refractivity contribution in [2.24, 2.45) is 0 Å². The molecular formula is C15H20F2N2O3S. The normalized spacial score (nSPS) is 11.0. The third-order valence-corrected chi connectivity index (χ3v) is 3.31. The number of rotatable bonds is 6. The number of carbonyl (C=O) groups excluding carboxylic acids is 2. The van der Waals surface area contributed by atoms with Crippen LogP contribution in [-0.4, -0.2) is 35.7 Å². The average molecular weight is 346 g/mol. The molecule has 8 heteroatoms. The van der Waals surface area contributed by atoms with Crippen LogP contribution in [0, 0.1) is 11.6 Å². The summed E-state index contributed by atoms with van der Waals surface area (Å²) < 4.78 is 31.4. The second kappa shape index (κ2) is 8.71. The van der Waals surface area contributed by atoms with Crippen molar-refractivity contribution in [2.75, 3.05) is 23.4 Å². The zero-order valence-corrected chi connectivity index (χ0v) is 14.1. The maximum absolute atomic E-state index is 13.3. The van der Waals surface area contributed by atoms with Gasteiger partial charge in [-0.25, -0.2) is 13.6 Å². The van der Waals surface area contributed by atoms with Crippen LogP contribution in [0.25, 0.3) is 0 Å². The number of carbonyl (C=O) groups is 2. The van der Waals surface area contributed by atoms with Gasteiger partial charge in [-0.05, 0) is 32.9 Å². The molecule has 2 amide bonds.